The molecule has 112 valence electrons. The predicted octanol–water partition coefficient (Wildman–Crippen LogP) is 3.75. The van der Waals surface area contributed by atoms with E-state index in [1.165, 1.54) is 5.56 Å². The summed E-state index contributed by atoms with van der Waals surface area (Å²) in [4.78, 5) is 14.8. The maximum Gasteiger partial charge on any atom is 0.352 e. The first-order valence-electron chi connectivity index (χ1n) is 7.68. The number of aromatic nitrogens is 2. The van der Waals surface area contributed by atoms with Crippen molar-refractivity contribution in [2.45, 2.75) is 25.7 Å². The Morgan fingerprint density at radius 1 is 1.18 bits per heavy atom. The van der Waals surface area contributed by atoms with Gasteiger partial charge in [0.25, 0.3) is 0 Å². The van der Waals surface area contributed by atoms with E-state index in [9.17, 15) is 9.90 Å². The molecule has 2 N–H and O–H groups in total. The summed E-state index contributed by atoms with van der Waals surface area (Å²) in [6.07, 6.45) is 6.05. The van der Waals surface area contributed by atoms with Gasteiger partial charge in [-0.05, 0) is 48.9 Å². The lowest BCUT2D eigenvalue weighted by Crippen LogP contribution is -2.06. The molecule has 0 amide bonds. The molecule has 3 aromatic rings. The van der Waals surface area contributed by atoms with Crippen LogP contribution in [0.4, 0.5) is 0 Å². The van der Waals surface area contributed by atoms with Crippen molar-refractivity contribution in [1.29, 1.82) is 0 Å². The molecule has 22 heavy (non-hydrogen) atoms. The Balaban J connectivity index is 2.01. The summed E-state index contributed by atoms with van der Waals surface area (Å²) in [5.74, 6) is -0.857. The fourth-order valence-corrected chi connectivity index (χ4v) is 3.67. The van der Waals surface area contributed by atoms with Crippen LogP contribution in [0.15, 0.2) is 30.5 Å². The van der Waals surface area contributed by atoms with Crippen molar-refractivity contribution in [3.05, 3.63) is 47.3 Å². The fourth-order valence-electron chi connectivity index (χ4n) is 3.67. The van der Waals surface area contributed by atoms with Crippen LogP contribution in [0.25, 0.3) is 22.2 Å². The third-order valence-corrected chi connectivity index (χ3v) is 4.73. The van der Waals surface area contributed by atoms with Gasteiger partial charge >= 0.3 is 5.97 Å². The largest absolute Gasteiger partial charge is 0.477 e. The zero-order valence-corrected chi connectivity index (χ0v) is 12.5. The lowest BCUT2D eigenvalue weighted by molar-refractivity contribution is 0.0690. The van der Waals surface area contributed by atoms with Gasteiger partial charge in [0, 0.05) is 29.7 Å². The summed E-state index contributed by atoms with van der Waals surface area (Å²) < 4.78 is 2.09. The number of benzene rings is 1. The third kappa shape index (κ3) is 1.80. The first-order chi connectivity index (χ1) is 10.7. The quantitative estimate of drug-likeness (QED) is 0.756. The third-order valence-electron chi connectivity index (χ3n) is 4.73. The molecule has 0 saturated heterocycles. The number of nitrogens with one attached hydrogen (secondary N) is 1. The molecule has 0 unspecified atom stereocenters. The van der Waals surface area contributed by atoms with E-state index in [0.29, 0.717) is 5.69 Å². The van der Waals surface area contributed by atoms with Gasteiger partial charge < -0.3 is 14.7 Å². The van der Waals surface area contributed by atoms with Crippen LogP contribution < -0.4 is 0 Å². The summed E-state index contributed by atoms with van der Waals surface area (Å²) in [6, 6.07) is 8.30. The van der Waals surface area contributed by atoms with Crippen molar-refractivity contribution >= 4 is 16.9 Å². The number of hydrogen-bond donors (Lipinski definition) is 2. The Labute approximate surface area is 128 Å². The molecule has 1 aromatic carbocycles. The van der Waals surface area contributed by atoms with Crippen LogP contribution in [0.3, 0.4) is 0 Å². The standard InChI is InChI=1S/C18H18N2O2/c1-20-10-9-11-12(7-4-8-15(11)20)16-13-5-2-3-6-14(13)17(19-16)18(21)22/h4,7-10,19H,2-3,5-6H2,1H3,(H,21,22). The number of fused-ring (bicyclic) bond motifs is 2. The first kappa shape index (κ1) is 13.2. The number of carboxylic acid groups (broad SMARTS) is 1. The second-order valence-electron chi connectivity index (χ2n) is 6.01. The molecule has 0 spiro atoms. The van der Waals surface area contributed by atoms with Crippen LogP contribution in [-0.4, -0.2) is 20.6 Å². The number of aryl methyl sites for hydroxylation is 1. The summed E-state index contributed by atoms with van der Waals surface area (Å²) >= 11 is 0. The number of rotatable bonds is 2. The lowest BCUT2D eigenvalue weighted by Gasteiger charge is -2.13. The minimum Gasteiger partial charge on any atom is -0.477 e. The van der Waals surface area contributed by atoms with Crippen LogP contribution in [0, 0.1) is 0 Å². The predicted molar refractivity (Wildman–Crippen MR) is 86.3 cm³/mol. The lowest BCUT2D eigenvalue weighted by atomic mass is 9.90. The summed E-state index contributed by atoms with van der Waals surface area (Å²) in [7, 11) is 2.03. The van der Waals surface area contributed by atoms with E-state index < -0.39 is 5.97 Å². The molecule has 0 radical (unpaired) electrons. The molecular formula is C18H18N2O2. The molecule has 0 atom stereocenters. The normalized spacial score (nSPS) is 14.2. The summed E-state index contributed by atoms with van der Waals surface area (Å²) in [6.45, 7) is 0. The zero-order valence-electron chi connectivity index (χ0n) is 12.5. The van der Waals surface area contributed by atoms with Crippen molar-refractivity contribution in [2.24, 2.45) is 7.05 Å². The first-order valence-corrected chi connectivity index (χ1v) is 7.68. The van der Waals surface area contributed by atoms with E-state index >= 15 is 0 Å². The van der Waals surface area contributed by atoms with Crippen molar-refractivity contribution in [2.75, 3.05) is 0 Å². The zero-order chi connectivity index (χ0) is 15.3. The molecule has 2 aromatic heterocycles. The number of nitrogens with zero attached hydrogens (tertiary/aromatic N) is 1. The Morgan fingerprint density at radius 3 is 2.73 bits per heavy atom. The van der Waals surface area contributed by atoms with E-state index in [2.05, 4.69) is 27.8 Å². The van der Waals surface area contributed by atoms with Gasteiger partial charge in [0.1, 0.15) is 5.69 Å². The van der Waals surface area contributed by atoms with Gasteiger partial charge in [-0.25, -0.2) is 4.79 Å². The monoisotopic (exact) mass is 294 g/mol. The van der Waals surface area contributed by atoms with E-state index in [1.54, 1.807) is 0 Å². The second-order valence-corrected chi connectivity index (χ2v) is 6.01. The smallest absolute Gasteiger partial charge is 0.352 e. The molecule has 0 saturated carbocycles. The van der Waals surface area contributed by atoms with Crippen molar-refractivity contribution in [1.82, 2.24) is 9.55 Å². The molecule has 2 heterocycles. The molecule has 4 rings (SSSR count). The minimum absolute atomic E-state index is 0.373. The van der Waals surface area contributed by atoms with E-state index in [1.807, 2.05) is 19.3 Å². The van der Waals surface area contributed by atoms with Crippen molar-refractivity contribution in [3.8, 4) is 11.3 Å². The fraction of sp³-hybridized carbons (Fsp3) is 0.278. The molecule has 0 bridgehead atoms. The molecular weight excluding hydrogens is 276 g/mol. The van der Waals surface area contributed by atoms with Gasteiger partial charge in [0.15, 0.2) is 0 Å². The van der Waals surface area contributed by atoms with Gasteiger partial charge in [-0.2, -0.15) is 0 Å². The van der Waals surface area contributed by atoms with Crippen LogP contribution in [0.1, 0.15) is 34.5 Å². The topological polar surface area (TPSA) is 58.0 Å². The van der Waals surface area contributed by atoms with Crippen molar-refractivity contribution in [3.63, 3.8) is 0 Å². The van der Waals surface area contributed by atoms with Crippen LogP contribution >= 0.6 is 0 Å². The molecule has 4 nitrogen and oxygen atoms in total. The highest BCUT2D eigenvalue weighted by molar-refractivity contribution is 5.98. The van der Waals surface area contributed by atoms with Crippen LogP contribution in [0.2, 0.25) is 0 Å². The number of hydrogen-bond acceptors (Lipinski definition) is 1. The number of aromatic amines is 1. The average Bonchev–Trinajstić information content (AvgIpc) is 3.09. The highest BCUT2D eigenvalue weighted by Gasteiger charge is 2.25. The molecule has 4 heteroatoms. The number of carbonyl (C=O) groups is 1. The van der Waals surface area contributed by atoms with E-state index in [-0.39, 0.29) is 0 Å². The second kappa shape index (κ2) is 4.77. The number of H-pyrrole nitrogens is 1. The molecule has 0 fully saturated rings. The molecule has 1 aliphatic carbocycles. The molecule has 0 aliphatic heterocycles. The summed E-state index contributed by atoms with van der Waals surface area (Å²) in [5.41, 5.74) is 5.82. The van der Waals surface area contributed by atoms with Gasteiger partial charge in [-0.15, -0.1) is 0 Å². The SMILES string of the molecule is Cn1ccc2c(-c3[nH]c(C(=O)O)c4c3CCCC4)cccc21. The Morgan fingerprint density at radius 2 is 1.95 bits per heavy atom. The molecule has 1 aliphatic rings. The van der Waals surface area contributed by atoms with Crippen LogP contribution in [-0.2, 0) is 19.9 Å². The highest BCUT2D eigenvalue weighted by atomic mass is 16.4. The van der Waals surface area contributed by atoms with Gasteiger partial charge in [0.2, 0.25) is 0 Å². The summed E-state index contributed by atoms with van der Waals surface area (Å²) in [5, 5.41) is 10.6. The number of aromatic carboxylic acids is 1. The van der Waals surface area contributed by atoms with E-state index in [4.69, 9.17) is 0 Å². The van der Waals surface area contributed by atoms with Crippen LogP contribution in [0.5, 0.6) is 0 Å². The van der Waals surface area contributed by atoms with Gasteiger partial charge in [-0.3, -0.25) is 0 Å². The average molecular weight is 294 g/mol. The Kier molecular flexibility index (Phi) is 2.86. The number of carboxylic acids is 1. The highest BCUT2D eigenvalue weighted by Crippen LogP contribution is 2.37. The maximum absolute atomic E-state index is 11.5. The minimum atomic E-state index is -0.857. The van der Waals surface area contributed by atoms with Gasteiger partial charge in [0.05, 0.1) is 5.69 Å². The maximum atomic E-state index is 11.5. The Hall–Kier alpha value is -2.49. The van der Waals surface area contributed by atoms with Gasteiger partial charge in [-0.1, -0.05) is 12.1 Å². The van der Waals surface area contributed by atoms with E-state index in [0.717, 1.165) is 53.4 Å². The van der Waals surface area contributed by atoms with Crippen molar-refractivity contribution < 1.29 is 9.90 Å². The Bertz CT molecular complexity index is 886.